The number of carbonyl (C=O) groups is 2. The predicted molar refractivity (Wildman–Crippen MR) is 90.8 cm³/mol. The number of rotatable bonds is 6. The highest BCUT2D eigenvalue weighted by molar-refractivity contribution is 5.96. The van der Waals surface area contributed by atoms with Crippen LogP contribution in [0, 0.1) is 0 Å². The maximum Gasteiger partial charge on any atom is 0.232 e. The van der Waals surface area contributed by atoms with Gasteiger partial charge < -0.3 is 9.80 Å². The van der Waals surface area contributed by atoms with E-state index < -0.39 is 0 Å². The molecule has 5 nitrogen and oxygen atoms in total. The van der Waals surface area contributed by atoms with Gasteiger partial charge >= 0.3 is 0 Å². The summed E-state index contributed by atoms with van der Waals surface area (Å²) < 4.78 is 0. The monoisotopic (exact) mass is 317 g/mol. The average Bonchev–Trinajstić information content (AvgIpc) is 2.57. The topological polar surface area (TPSA) is 43.9 Å². The van der Waals surface area contributed by atoms with Crippen LogP contribution in [-0.4, -0.2) is 65.8 Å². The molecule has 1 aliphatic heterocycles. The largest absolute Gasteiger partial charge is 0.343 e. The molecular formula is C18H27N3O2. The number of carbonyl (C=O) groups excluding carboxylic acids is 2. The summed E-state index contributed by atoms with van der Waals surface area (Å²) in [5.74, 6) is -0.104. The highest BCUT2D eigenvalue weighted by Gasteiger charge is 2.24. The number of amides is 2. The first-order valence-electron chi connectivity index (χ1n) is 8.45. The summed E-state index contributed by atoms with van der Waals surface area (Å²) in [5.41, 5.74) is 1.30. The lowest BCUT2D eigenvalue weighted by Crippen LogP contribution is -2.49. The van der Waals surface area contributed by atoms with Crippen LogP contribution in [0.3, 0.4) is 0 Å². The van der Waals surface area contributed by atoms with Crippen molar-refractivity contribution in [1.29, 1.82) is 0 Å². The van der Waals surface area contributed by atoms with E-state index in [-0.39, 0.29) is 18.2 Å². The van der Waals surface area contributed by atoms with Crippen LogP contribution in [0.15, 0.2) is 30.3 Å². The fourth-order valence-corrected chi connectivity index (χ4v) is 2.93. The van der Waals surface area contributed by atoms with Gasteiger partial charge in [-0.1, -0.05) is 30.3 Å². The molecule has 0 unspecified atom stereocenters. The highest BCUT2D eigenvalue weighted by Crippen LogP contribution is 2.09. The molecule has 1 aliphatic rings. The summed E-state index contributed by atoms with van der Waals surface area (Å²) >= 11 is 0. The van der Waals surface area contributed by atoms with Crippen LogP contribution in [0.4, 0.5) is 0 Å². The first kappa shape index (κ1) is 17.5. The second-order valence-electron chi connectivity index (χ2n) is 5.89. The molecule has 0 aromatic heterocycles. The molecule has 5 heteroatoms. The summed E-state index contributed by atoms with van der Waals surface area (Å²) in [6.45, 7) is 9.25. The van der Waals surface area contributed by atoms with Gasteiger partial charge in [0.1, 0.15) is 6.42 Å². The molecule has 0 N–H and O–H groups in total. The van der Waals surface area contributed by atoms with Gasteiger partial charge in [-0.25, -0.2) is 0 Å². The Labute approximate surface area is 138 Å². The number of nitrogens with zero attached hydrogens (tertiary/aromatic N) is 3. The van der Waals surface area contributed by atoms with Gasteiger partial charge in [0.25, 0.3) is 0 Å². The zero-order valence-corrected chi connectivity index (χ0v) is 14.2. The van der Waals surface area contributed by atoms with Crippen molar-refractivity contribution in [3.05, 3.63) is 35.9 Å². The molecule has 0 radical (unpaired) electrons. The molecule has 2 rings (SSSR count). The quantitative estimate of drug-likeness (QED) is 0.749. The van der Waals surface area contributed by atoms with E-state index in [1.165, 1.54) is 5.56 Å². The minimum atomic E-state index is -0.0632. The Morgan fingerprint density at radius 1 is 1.00 bits per heavy atom. The Bertz CT molecular complexity index is 506. The maximum atomic E-state index is 12.3. The van der Waals surface area contributed by atoms with Gasteiger partial charge in [-0.2, -0.15) is 0 Å². The summed E-state index contributed by atoms with van der Waals surface area (Å²) in [5, 5.41) is 0. The van der Waals surface area contributed by atoms with Gasteiger partial charge in [-0.3, -0.25) is 14.5 Å². The molecule has 0 bridgehead atoms. The van der Waals surface area contributed by atoms with Crippen LogP contribution in [-0.2, 0) is 16.1 Å². The third kappa shape index (κ3) is 5.06. The van der Waals surface area contributed by atoms with Crippen molar-refractivity contribution in [2.45, 2.75) is 26.8 Å². The number of hydrogen-bond donors (Lipinski definition) is 0. The van der Waals surface area contributed by atoms with Gasteiger partial charge in [0, 0.05) is 45.8 Å². The molecule has 0 atom stereocenters. The summed E-state index contributed by atoms with van der Waals surface area (Å²) in [6.07, 6.45) is 0.000362. The van der Waals surface area contributed by atoms with Crippen molar-refractivity contribution in [1.82, 2.24) is 14.7 Å². The van der Waals surface area contributed by atoms with Gasteiger partial charge in [-0.15, -0.1) is 0 Å². The molecule has 1 aromatic carbocycles. The lowest BCUT2D eigenvalue weighted by molar-refractivity contribution is -0.141. The molecule has 126 valence electrons. The van der Waals surface area contributed by atoms with E-state index in [1.54, 1.807) is 4.90 Å². The predicted octanol–water partition coefficient (Wildman–Crippen LogP) is 1.59. The number of benzene rings is 1. The molecule has 1 heterocycles. The van der Waals surface area contributed by atoms with Gasteiger partial charge in [0.15, 0.2) is 0 Å². The Kier molecular flexibility index (Phi) is 6.59. The van der Waals surface area contributed by atoms with Crippen molar-refractivity contribution >= 4 is 11.8 Å². The van der Waals surface area contributed by atoms with E-state index >= 15 is 0 Å². The van der Waals surface area contributed by atoms with Crippen LogP contribution >= 0.6 is 0 Å². The molecule has 0 spiro atoms. The van der Waals surface area contributed by atoms with E-state index in [2.05, 4.69) is 17.0 Å². The Morgan fingerprint density at radius 3 is 2.17 bits per heavy atom. The van der Waals surface area contributed by atoms with Crippen LogP contribution in [0.2, 0.25) is 0 Å². The smallest absolute Gasteiger partial charge is 0.232 e. The fraction of sp³-hybridized carbons (Fsp3) is 0.556. The Balaban J connectivity index is 1.77. The molecule has 2 amide bonds. The average molecular weight is 317 g/mol. The van der Waals surface area contributed by atoms with Crippen LogP contribution < -0.4 is 0 Å². The van der Waals surface area contributed by atoms with Crippen molar-refractivity contribution in [3.8, 4) is 0 Å². The Hall–Kier alpha value is -1.88. The second kappa shape index (κ2) is 8.67. The molecule has 0 saturated carbocycles. The third-order valence-electron chi connectivity index (χ3n) is 4.39. The third-order valence-corrected chi connectivity index (χ3v) is 4.39. The standard InChI is InChI=1S/C18H27N3O2/c1-3-20(4-2)17(22)14-18(23)21-12-10-19(11-13-21)15-16-8-6-5-7-9-16/h5-9H,3-4,10-15H2,1-2H3. The molecular weight excluding hydrogens is 290 g/mol. The molecule has 1 aromatic rings. The van der Waals surface area contributed by atoms with Crippen LogP contribution in [0.25, 0.3) is 0 Å². The van der Waals surface area contributed by atoms with Crippen LogP contribution in [0.1, 0.15) is 25.8 Å². The normalized spacial score (nSPS) is 15.5. The van der Waals surface area contributed by atoms with E-state index in [0.717, 1.165) is 19.6 Å². The maximum absolute atomic E-state index is 12.3. The molecule has 0 aliphatic carbocycles. The zero-order valence-electron chi connectivity index (χ0n) is 14.2. The number of piperazine rings is 1. The van der Waals surface area contributed by atoms with E-state index in [4.69, 9.17) is 0 Å². The lowest BCUT2D eigenvalue weighted by Gasteiger charge is -2.35. The van der Waals surface area contributed by atoms with E-state index in [1.807, 2.05) is 36.9 Å². The lowest BCUT2D eigenvalue weighted by atomic mass is 10.2. The van der Waals surface area contributed by atoms with Crippen molar-refractivity contribution < 1.29 is 9.59 Å². The summed E-state index contributed by atoms with van der Waals surface area (Å²) in [6, 6.07) is 10.4. The molecule has 23 heavy (non-hydrogen) atoms. The molecule has 1 saturated heterocycles. The van der Waals surface area contributed by atoms with Crippen molar-refractivity contribution in [3.63, 3.8) is 0 Å². The SMILES string of the molecule is CCN(CC)C(=O)CC(=O)N1CCN(Cc2ccccc2)CC1. The van der Waals surface area contributed by atoms with Crippen LogP contribution in [0.5, 0.6) is 0 Å². The van der Waals surface area contributed by atoms with Gasteiger partial charge in [0.2, 0.25) is 11.8 Å². The minimum absolute atomic E-state index is 0.000362. The summed E-state index contributed by atoms with van der Waals surface area (Å²) in [7, 11) is 0. The van der Waals surface area contributed by atoms with Crippen molar-refractivity contribution in [2.24, 2.45) is 0 Å². The summed E-state index contributed by atoms with van der Waals surface area (Å²) in [4.78, 5) is 30.2. The fourth-order valence-electron chi connectivity index (χ4n) is 2.93. The highest BCUT2D eigenvalue weighted by atomic mass is 16.2. The van der Waals surface area contributed by atoms with E-state index in [9.17, 15) is 9.59 Å². The Morgan fingerprint density at radius 2 is 1.61 bits per heavy atom. The van der Waals surface area contributed by atoms with Crippen molar-refractivity contribution in [2.75, 3.05) is 39.3 Å². The number of hydrogen-bond acceptors (Lipinski definition) is 3. The second-order valence-corrected chi connectivity index (χ2v) is 5.89. The van der Waals surface area contributed by atoms with E-state index in [0.29, 0.717) is 26.2 Å². The zero-order chi connectivity index (χ0) is 16.7. The molecule has 1 fully saturated rings. The van der Waals surface area contributed by atoms with Gasteiger partial charge in [-0.05, 0) is 19.4 Å². The first-order chi connectivity index (χ1) is 11.1. The first-order valence-corrected chi connectivity index (χ1v) is 8.45. The minimum Gasteiger partial charge on any atom is -0.343 e. The van der Waals surface area contributed by atoms with Gasteiger partial charge in [0.05, 0.1) is 0 Å².